The van der Waals surface area contributed by atoms with Crippen LogP contribution in [0.4, 0.5) is 0 Å². The van der Waals surface area contributed by atoms with Gasteiger partial charge in [-0.3, -0.25) is 9.13 Å². The highest BCUT2D eigenvalue weighted by molar-refractivity contribution is 7.57. The second-order valence-corrected chi connectivity index (χ2v) is 6.48. The standard InChI is InChI=1S/C3H11NO6P2/c1-3(4,12(8,9)10)2-11(5,6)7/h2,4H2,1H3,(H2,5,6,7)(H2,8,9,10). The monoisotopic (exact) mass is 219 g/mol. The quantitative estimate of drug-likeness (QED) is 0.384. The maximum absolute atomic E-state index is 10.6. The maximum Gasteiger partial charge on any atom is 0.345 e. The highest BCUT2D eigenvalue weighted by Gasteiger charge is 2.43. The van der Waals surface area contributed by atoms with Crippen LogP contribution in [0.15, 0.2) is 0 Å². The van der Waals surface area contributed by atoms with E-state index in [0.717, 1.165) is 6.92 Å². The van der Waals surface area contributed by atoms with Crippen molar-refractivity contribution in [2.45, 2.75) is 12.2 Å². The smallest absolute Gasteiger partial charge is 0.324 e. The fourth-order valence-electron chi connectivity index (χ4n) is 0.509. The van der Waals surface area contributed by atoms with Crippen LogP contribution in [-0.2, 0) is 9.13 Å². The Morgan fingerprint density at radius 1 is 1.25 bits per heavy atom. The molecule has 1 atom stereocenters. The van der Waals surface area contributed by atoms with Crippen molar-refractivity contribution in [3.05, 3.63) is 0 Å². The van der Waals surface area contributed by atoms with Gasteiger partial charge in [0.15, 0.2) is 0 Å². The molecular weight excluding hydrogens is 208 g/mol. The molecule has 0 fully saturated rings. The summed E-state index contributed by atoms with van der Waals surface area (Å²) in [5, 5.41) is -2.17. The fourth-order valence-corrected chi connectivity index (χ4v) is 2.63. The molecular formula is C3H11NO6P2. The summed E-state index contributed by atoms with van der Waals surface area (Å²) in [5.41, 5.74) is 5.02. The molecule has 0 aliphatic rings. The van der Waals surface area contributed by atoms with Crippen molar-refractivity contribution < 1.29 is 28.7 Å². The van der Waals surface area contributed by atoms with Crippen LogP contribution < -0.4 is 5.73 Å². The summed E-state index contributed by atoms with van der Waals surface area (Å²) in [6.07, 6.45) is -1.04. The lowest BCUT2D eigenvalue weighted by atomic mass is 10.4. The third-order valence-electron chi connectivity index (χ3n) is 1.19. The lowest BCUT2D eigenvalue weighted by Crippen LogP contribution is -2.39. The molecule has 0 amide bonds. The number of rotatable bonds is 3. The van der Waals surface area contributed by atoms with E-state index >= 15 is 0 Å². The lowest BCUT2D eigenvalue weighted by molar-refractivity contribution is 0.323. The van der Waals surface area contributed by atoms with Crippen molar-refractivity contribution in [1.29, 1.82) is 0 Å². The Hall–Kier alpha value is 0.260. The zero-order valence-electron chi connectivity index (χ0n) is 6.28. The van der Waals surface area contributed by atoms with Gasteiger partial charge in [-0.2, -0.15) is 0 Å². The minimum atomic E-state index is -4.68. The molecule has 0 rings (SSSR count). The predicted octanol–water partition coefficient (Wildman–Crippen LogP) is -0.983. The normalized spacial score (nSPS) is 18.8. The van der Waals surface area contributed by atoms with E-state index in [4.69, 9.17) is 25.3 Å². The summed E-state index contributed by atoms with van der Waals surface area (Å²) in [4.78, 5) is 33.9. The summed E-state index contributed by atoms with van der Waals surface area (Å²) in [6, 6.07) is 0. The molecule has 6 N–H and O–H groups in total. The number of hydrogen-bond acceptors (Lipinski definition) is 3. The third-order valence-corrected chi connectivity index (χ3v) is 4.00. The molecule has 0 aromatic rings. The number of hydrogen-bond donors (Lipinski definition) is 5. The molecule has 0 saturated heterocycles. The van der Waals surface area contributed by atoms with Crippen LogP contribution >= 0.6 is 15.2 Å². The second-order valence-electron chi connectivity index (χ2n) is 2.72. The van der Waals surface area contributed by atoms with Crippen LogP contribution in [0.3, 0.4) is 0 Å². The van der Waals surface area contributed by atoms with Crippen molar-refractivity contribution in [2.75, 3.05) is 6.16 Å². The molecule has 12 heavy (non-hydrogen) atoms. The molecule has 0 aromatic heterocycles. The first-order chi connectivity index (χ1) is 4.96. The lowest BCUT2D eigenvalue weighted by Gasteiger charge is -2.25. The van der Waals surface area contributed by atoms with Crippen molar-refractivity contribution >= 4 is 15.2 Å². The molecule has 0 bridgehead atoms. The molecule has 0 aliphatic heterocycles. The van der Waals surface area contributed by atoms with Crippen LogP contribution in [0.1, 0.15) is 6.92 Å². The third kappa shape index (κ3) is 3.78. The first kappa shape index (κ1) is 12.3. The maximum atomic E-state index is 10.6. The van der Waals surface area contributed by atoms with E-state index in [2.05, 4.69) is 0 Å². The summed E-state index contributed by atoms with van der Waals surface area (Å²) < 4.78 is 20.9. The largest absolute Gasteiger partial charge is 0.345 e. The highest BCUT2D eigenvalue weighted by atomic mass is 31.2. The van der Waals surface area contributed by atoms with E-state index in [1.807, 2.05) is 0 Å². The molecule has 0 aliphatic carbocycles. The van der Waals surface area contributed by atoms with Crippen molar-refractivity contribution in [3.8, 4) is 0 Å². The van der Waals surface area contributed by atoms with Crippen LogP contribution in [0.5, 0.6) is 0 Å². The van der Waals surface area contributed by atoms with Gasteiger partial charge in [-0.1, -0.05) is 0 Å². The molecule has 0 aromatic carbocycles. The van der Waals surface area contributed by atoms with Gasteiger partial charge in [-0.15, -0.1) is 0 Å². The Morgan fingerprint density at radius 2 is 1.58 bits per heavy atom. The number of nitrogens with two attached hydrogens (primary N) is 1. The molecule has 0 spiro atoms. The van der Waals surface area contributed by atoms with Gasteiger partial charge >= 0.3 is 15.2 Å². The van der Waals surface area contributed by atoms with E-state index in [1.54, 1.807) is 0 Å². The van der Waals surface area contributed by atoms with E-state index in [9.17, 15) is 9.13 Å². The molecule has 1 unspecified atom stereocenters. The zero-order chi connectivity index (χ0) is 10.2. The predicted molar refractivity (Wildman–Crippen MR) is 41.5 cm³/mol. The Balaban J connectivity index is 4.68. The van der Waals surface area contributed by atoms with Crippen LogP contribution in [-0.4, -0.2) is 31.0 Å². The van der Waals surface area contributed by atoms with Gasteiger partial charge in [0.05, 0.1) is 6.16 Å². The molecule has 9 heteroatoms. The van der Waals surface area contributed by atoms with Gasteiger partial charge in [0.2, 0.25) is 0 Å². The van der Waals surface area contributed by atoms with E-state index < -0.39 is 26.6 Å². The van der Waals surface area contributed by atoms with Crippen molar-refractivity contribution in [1.82, 2.24) is 0 Å². The summed E-state index contributed by atoms with van der Waals surface area (Å²) in [7, 11) is -9.18. The van der Waals surface area contributed by atoms with Gasteiger partial charge in [-0.25, -0.2) is 0 Å². The fraction of sp³-hybridized carbons (Fsp3) is 1.00. The molecule has 0 radical (unpaired) electrons. The molecule has 74 valence electrons. The van der Waals surface area contributed by atoms with Gasteiger partial charge in [0.1, 0.15) is 5.28 Å². The Bertz CT molecular complexity index is 250. The zero-order valence-corrected chi connectivity index (χ0v) is 8.07. The van der Waals surface area contributed by atoms with Crippen molar-refractivity contribution in [2.24, 2.45) is 5.73 Å². The van der Waals surface area contributed by atoms with Gasteiger partial charge < -0.3 is 25.3 Å². The second kappa shape index (κ2) is 3.20. The van der Waals surface area contributed by atoms with Gasteiger partial charge in [-0.05, 0) is 6.92 Å². The first-order valence-electron chi connectivity index (χ1n) is 2.85. The van der Waals surface area contributed by atoms with E-state index in [-0.39, 0.29) is 0 Å². The van der Waals surface area contributed by atoms with Crippen LogP contribution in [0.25, 0.3) is 0 Å². The topological polar surface area (TPSA) is 141 Å². The average molecular weight is 219 g/mol. The van der Waals surface area contributed by atoms with E-state index in [0.29, 0.717) is 0 Å². The minimum absolute atomic E-state index is 0.896. The summed E-state index contributed by atoms with van der Waals surface area (Å²) >= 11 is 0. The Labute approximate surface area is 68.9 Å². The summed E-state index contributed by atoms with van der Waals surface area (Å²) in [5.74, 6) is 0. The summed E-state index contributed by atoms with van der Waals surface area (Å²) in [6.45, 7) is 0.896. The highest BCUT2D eigenvalue weighted by Crippen LogP contribution is 2.53. The van der Waals surface area contributed by atoms with Crippen LogP contribution in [0, 0.1) is 0 Å². The molecule has 0 heterocycles. The SMILES string of the molecule is CC(N)(CP(=O)(O)O)P(=O)(O)O. The Kier molecular flexibility index (Phi) is 3.26. The van der Waals surface area contributed by atoms with Crippen LogP contribution in [0.2, 0.25) is 0 Å². The van der Waals surface area contributed by atoms with Gasteiger partial charge in [0.25, 0.3) is 0 Å². The van der Waals surface area contributed by atoms with Gasteiger partial charge in [0, 0.05) is 0 Å². The Morgan fingerprint density at radius 3 is 1.67 bits per heavy atom. The minimum Gasteiger partial charge on any atom is -0.324 e. The van der Waals surface area contributed by atoms with E-state index in [1.165, 1.54) is 0 Å². The average Bonchev–Trinajstić information content (AvgIpc) is 1.52. The molecule has 7 nitrogen and oxygen atoms in total. The first-order valence-corrected chi connectivity index (χ1v) is 6.26. The molecule has 0 saturated carbocycles. The van der Waals surface area contributed by atoms with Crippen molar-refractivity contribution in [3.63, 3.8) is 0 Å².